The normalized spacial score (nSPS) is 12.5. The molecule has 0 atom stereocenters. The van der Waals surface area contributed by atoms with Crippen LogP contribution in [0, 0.1) is 6.92 Å². The van der Waals surface area contributed by atoms with Crippen molar-refractivity contribution in [3.05, 3.63) is 57.3 Å². The van der Waals surface area contributed by atoms with E-state index in [1.54, 1.807) is 12.1 Å². The third-order valence-corrected chi connectivity index (χ3v) is 3.82. The van der Waals surface area contributed by atoms with Gasteiger partial charge < -0.3 is 5.11 Å². The molecule has 1 aromatic carbocycles. The summed E-state index contributed by atoms with van der Waals surface area (Å²) in [7, 11) is 0. The first-order valence-corrected chi connectivity index (χ1v) is 6.78. The molecule has 0 fully saturated rings. The van der Waals surface area contributed by atoms with Gasteiger partial charge in [-0.15, -0.1) is 11.3 Å². The summed E-state index contributed by atoms with van der Waals surface area (Å²) in [6, 6.07) is 7.86. The summed E-state index contributed by atoms with van der Waals surface area (Å²) in [5, 5.41) is 9.24. The van der Waals surface area contributed by atoms with Gasteiger partial charge in [-0.25, -0.2) is 4.79 Å². The van der Waals surface area contributed by atoms with Crippen LogP contribution >= 0.6 is 11.3 Å². The number of hydrogen-bond acceptors (Lipinski definition) is 2. The van der Waals surface area contributed by atoms with Crippen molar-refractivity contribution in [2.24, 2.45) is 0 Å². The minimum absolute atomic E-state index is 0.0628. The number of rotatable bonds is 3. The molecule has 21 heavy (non-hydrogen) atoms. The smallest absolute Gasteiger partial charge is 0.416 e. The van der Waals surface area contributed by atoms with E-state index < -0.39 is 17.7 Å². The van der Waals surface area contributed by atoms with E-state index in [4.69, 9.17) is 0 Å². The van der Waals surface area contributed by atoms with Crippen molar-refractivity contribution in [2.75, 3.05) is 0 Å². The van der Waals surface area contributed by atoms with Gasteiger partial charge in [0.2, 0.25) is 0 Å². The monoisotopic (exact) mass is 312 g/mol. The van der Waals surface area contributed by atoms with Crippen LogP contribution in [0.15, 0.2) is 36.4 Å². The van der Waals surface area contributed by atoms with Gasteiger partial charge in [-0.3, -0.25) is 0 Å². The lowest BCUT2D eigenvalue weighted by Crippen LogP contribution is -2.04. The summed E-state index contributed by atoms with van der Waals surface area (Å²) < 4.78 is 37.4. The lowest BCUT2D eigenvalue weighted by atomic mass is 10.1. The molecule has 0 radical (unpaired) electrons. The lowest BCUT2D eigenvalue weighted by molar-refractivity contribution is -0.137. The summed E-state index contributed by atoms with van der Waals surface area (Å²) in [6.07, 6.45) is -3.03. The second kappa shape index (κ2) is 5.73. The molecule has 0 saturated carbocycles. The average Bonchev–Trinajstić information content (AvgIpc) is 2.81. The van der Waals surface area contributed by atoms with Crippen LogP contribution in [0.2, 0.25) is 0 Å². The summed E-state index contributed by atoms with van der Waals surface area (Å²) in [5.74, 6) is -1.11. The number of aryl methyl sites for hydroxylation is 1. The maximum absolute atomic E-state index is 12.5. The van der Waals surface area contributed by atoms with Gasteiger partial charge in [0.15, 0.2) is 0 Å². The molecule has 2 nitrogen and oxygen atoms in total. The first-order valence-electron chi connectivity index (χ1n) is 5.96. The standard InChI is InChI=1S/C15H11F3O2S/c1-9-2-7-13(21-9)12(14(19)20)8-10-3-5-11(6-4-10)15(16,17)18/h2-8H,1H3,(H,19,20)/b12-8-. The van der Waals surface area contributed by atoms with Gasteiger partial charge in [-0.1, -0.05) is 12.1 Å². The fourth-order valence-corrected chi connectivity index (χ4v) is 2.63. The highest BCUT2D eigenvalue weighted by molar-refractivity contribution is 7.13. The number of thiophene rings is 1. The minimum atomic E-state index is -4.40. The maximum Gasteiger partial charge on any atom is 0.416 e. The highest BCUT2D eigenvalue weighted by Gasteiger charge is 2.29. The van der Waals surface area contributed by atoms with Crippen molar-refractivity contribution in [3.8, 4) is 0 Å². The zero-order valence-electron chi connectivity index (χ0n) is 10.9. The van der Waals surface area contributed by atoms with Gasteiger partial charge in [0.1, 0.15) is 0 Å². The Morgan fingerprint density at radius 2 is 1.76 bits per heavy atom. The number of benzene rings is 1. The fourth-order valence-electron chi connectivity index (χ4n) is 1.75. The van der Waals surface area contributed by atoms with Crippen LogP contribution < -0.4 is 0 Å². The van der Waals surface area contributed by atoms with Crippen LogP contribution in [0.5, 0.6) is 0 Å². The predicted molar refractivity (Wildman–Crippen MR) is 76.0 cm³/mol. The largest absolute Gasteiger partial charge is 0.478 e. The molecule has 1 N–H and O–H groups in total. The highest BCUT2D eigenvalue weighted by atomic mass is 32.1. The van der Waals surface area contributed by atoms with E-state index in [1.807, 2.05) is 6.92 Å². The van der Waals surface area contributed by atoms with Gasteiger partial charge in [-0.2, -0.15) is 13.2 Å². The van der Waals surface area contributed by atoms with Gasteiger partial charge >= 0.3 is 12.1 Å². The Kier molecular flexibility index (Phi) is 4.18. The maximum atomic E-state index is 12.5. The molecule has 1 aromatic heterocycles. The number of hydrogen-bond donors (Lipinski definition) is 1. The minimum Gasteiger partial charge on any atom is -0.478 e. The zero-order valence-corrected chi connectivity index (χ0v) is 11.8. The van der Waals surface area contributed by atoms with Crippen LogP contribution in [-0.2, 0) is 11.0 Å². The SMILES string of the molecule is Cc1ccc(/C(=C/c2ccc(C(F)(F)F)cc2)C(=O)O)s1. The summed E-state index contributed by atoms with van der Waals surface area (Å²) in [5.41, 5.74) is -0.289. The van der Waals surface area contributed by atoms with E-state index in [9.17, 15) is 23.1 Å². The van der Waals surface area contributed by atoms with E-state index in [0.29, 0.717) is 10.4 Å². The zero-order chi connectivity index (χ0) is 15.6. The third kappa shape index (κ3) is 3.72. The number of carboxylic acids is 1. The Hall–Kier alpha value is -2.08. The molecule has 0 amide bonds. The Balaban J connectivity index is 2.37. The predicted octanol–water partition coefficient (Wildman–Crippen LogP) is 4.70. The molecule has 6 heteroatoms. The van der Waals surface area contributed by atoms with Gasteiger partial charge in [0.25, 0.3) is 0 Å². The van der Waals surface area contributed by atoms with Crippen molar-refractivity contribution >= 4 is 29.0 Å². The van der Waals surface area contributed by atoms with Crippen molar-refractivity contribution in [1.82, 2.24) is 0 Å². The van der Waals surface area contributed by atoms with E-state index in [-0.39, 0.29) is 5.57 Å². The van der Waals surface area contributed by atoms with E-state index in [0.717, 1.165) is 17.0 Å². The van der Waals surface area contributed by atoms with Crippen molar-refractivity contribution in [1.29, 1.82) is 0 Å². The molecular formula is C15H11F3O2S. The number of carboxylic acid groups (broad SMARTS) is 1. The number of carbonyl (C=O) groups is 1. The average molecular weight is 312 g/mol. The second-order valence-corrected chi connectivity index (χ2v) is 5.68. The number of halogens is 3. The van der Waals surface area contributed by atoms with E-state index in [1.165, 1.54) is 29.5 Å². The molecule has 0 saturated heterocycles. The molecule has 0 spiro atoms. The Morgan fingerprint density at radius 1 is 1.14 bits per heavy atom. The molecule has 0 aliphatic carbocycles. The van der Waals surface area contributed by atoms with Crippen LogP contribution in [0.3, 0.4) is 0 Å². The Morgan fingerprint density at radius 3 is 2.19 bits per heavy atom. The fraction of sp³-hybridized carbons (Fsp3) is 0.133. The van der Waals surface area contributed by atoms with Crippen LogP contribution in [0.1, 0.15) is 20.9 Å². The first-order chi connectivity index (χ1) is 9.77. The molecule has 2 rings (SSSR count). The quantitative estimate of drug-likeness (QED) is 0.834. The molecule has 0 bridgehead atoms. The van der Waals surface area contributed by atoms with Crippen LogP contribution in [0.25, 0.3) is 11.6 Å². The molecule has 0 aliphatic heterocycles. The Labute approximate surface area is 123 Å². The van der Waals surface area contributed by atoms with E-state index in [2.05, 4.69) is 0 Å². The molecular weight excluding hydrogens is 301 g/mol. The molecule has 110 valence electrons. The number of alkyl halides is 3. The Bertz CT molecular complexity index is 682. The van der Waals surface area contributed by atoms with E-state index >= 15 is 0 Å². The van der Waals surface area contributed by atoms with Crippen LogP contribution in [-0.4, -0.2) is 11.1 Å². The molecule has 0 aliphatic rings. The molecule has 0 unspecified atom stereocenters. The van der Waals surface area contributed by atoms with Crippen LogP contribution in [0.4, 0.5) is 13.2 Å². The molecule has 1 heterocycles. The van der Waals surface area contributed by atoms with Gasteiger partial charge in [-0.05, 0) is 42.8 Å². The third-order valence-electron chi connectivity index (χ3n) is 2.79. The van der Waals surface area contributed by atoms with Crippen molar-refractivity contribution in [3.63, 3.8) is 0 Å². The van der Waals surface area contributed by atoms with Gasteiger partial charge in [0, 0.05) is 9.75 Å². The summed E-state index contributed by atoms with van der Waals surface area (Å²) in [4.78, 5) is 12.8. The number of aliphatic carboxylic acids is 1. The summed E-state index contributed by atoms with van der Waals surface area (Å²) in [6.45, 7) is 1.85. The van der Waals surface area contributed by atoms with Crippen molar-refractivity contribution in [2.45, 2.75) is 13.1 Å². The second-order valence-electron chi connectivity index (χ2n) is 4.39. The topological polar surface area (TPSA) is 37.3 Å². The first kappa shape index (κ1) is 15.3. The highest BCUT2D eigenvalue weighted by Crippen LogP contribution is 2.30. The van der Waals surface area contributed by atoms with Crippen molar-refractivity contribution < 1.29 is 23.1 Å². The summed E-state index contributed by atoms with van der Waals surface area (Å²) >= 11 is 1.32. The van der Waals surface area contributed by atoms with Gasteiger partial charge in [0.05, 0.1) is 11.1 Å². The lowest BCUT2D eigenvalue weighted by Gasteiger charge is -2.06. The molecule has 2 aromatic rings.